The Bertz CT molecular complexity index is 1120. The van der Waals surface area contributed by atoms with Gasteiger partial charge in [-0.3, -0.25) is 4.79 Å². The van der Waals surface area contributed by atoms with Crippen LogP contribution in [0.1, 0.15) is 15.9 Å². The van der Waals surface area contributed by atoms with Crippen LogP contribution in [0, 0.1) is 11.6 Å². The number of ether oxygens (including phenoxy) is 1. The SMILES string of the molecule is O=C(NC1COC1)c1ccc2oc(-c3cc(C(F)(F)F)c(F)c(O)c3F)nc2c1. The average Bonchev–Trinajstić information content (AvgIpc) is 3.04. The molecule has 1 amide bonds. The van der Waals surface area contributed by atoms with E-state index in [0.717, 1.165) is 0 Å². The maximum atomic E-state index is 14.2. The van der Waals surface area contributed by atoms with Crippen LogP contribution in [0.2, 0.25) is 0 Å². The second-order valence-corrected chi connectivity index (χ2v) is 6.36. The van der Waals surface area contributed by atoms with Crippen molar-refractivity contribution in [2.24, 2.45) is 0 Å². The molecule has 3 aromatic rings. The third kappa shape index (κ3) is 3.37. The van der Waals surface area contributed by atoms with Crippen molar-refractivity contribution in [3.63, 3.8) is 0 Å². The summed E-state index contributed by atoms with van der Waals surface area (Å²) in [4.78, 5) is 16.1. The number of halogens is 5. The number of benzene rings is 2. The molecular formula is C18H11F5N2O4. The Morgan fingerprint density at radius 2 is 1.90 bits per heavy atom. The van der Waals surface area contributed by atoms with Crippen molar-refractivity contribution in [3.8, 4) is 17.2 Å². The summed E-state index contributed by atoms with van der Waals surface area (Å²) in [6.07, 6.45) is -5.17. The largest absolute Gasteiger partial charge is 0.503 e. The first-order chi connectivity index (χ1) is 13.6. The second-order valence-electron chi connectivity index (χ2n) is 6.36. The molecule has 1 aromatic heterocycles. The zero-order chi connectivity index (χ0) is 20.9. The number of phenolic OH excluding ortho intramolecular Hbond substituents is 1. The van der Waals surface area contributed by atoms with Gasteiger partial charge < -0.3 is 19.6 Å². The first-order valence-corrected chi connectivity index (χ1v) is 8.23. The number of oxazole rings is 1. The van der Waals surface area contributed by atoms with Gasteiger partial charge in [0.05, 0.1) is 30.4 Å². The molecule has 2 aromatic carbocycles. The van der Waals surface area contributed by atoms with Crippen LogP contribution in [-0.4, -0.2) is 35.3 Å². The highest BCUT2D eigenvalue weighted by Gasteiger charge is 2.38. The zero-order valence-electron chi connectivity index (χ0n) is 14.3. The molecule has 1 saturated heterocycles. The molecule has 0 unspecified atom stereocenters. The van der Waals surface area contributed by atoms with Gasteiger partial charge in [0.2, 0.25) is 5.89 Å². The molecular weight excluding hydrogens is 403 g/mol. The number of carbonyl (C=O) groups excluding carboxylic acids is 1. The number of phenols is 1. The van der Waals surface area contributed by atoms with E-state index in [1.165, 1.54) is 18.2 Å². The number of nitrogens with one attached hydrogen (secondary N) is 1. The average molecular weight is 414 g/mol. The highest BCUT2D eigenvalue weighted by molar-refractivity contribution is 5.97. The van der Waals surface area contributed by atoms with Crippen LogP contribution in [-0.2, 0) is 10.9 Å². The van der Waals surface area contributed by atoms with Crippen LogP contribution < -0.4 is 5.32 Å². The van der Waals surface area contributed by atoms with Gasteiger partial charge in [-0.1, -0.05) is 0 Å². The molecule has 1 aliphatic heterocycles. The molecule has 1 fully saturated rings. The lowest BCUT2D eigenvalue weighted by Gasteiger charge is -2.26. The summed E-state index contributed by atoms with van der Waals surface area (Å²) < 4.78 is 76.9. The van der Waals surface area contributed by atoms with Crippen molar-refractivity contribution in [3.05, 3.63) is 47.0 Å². The van der Waals surface area contributed by atoms with E-state index in [2.05, 4.69) is 10.3 Å². The van der Waals surface area contributed by atoms with E-state index in [-0.39, 0.29) is 28.8 Å². The van der Waals surface area contributed by atoms with Gasteiger partial charge in [-0.2, -0.15) is 13.2 Å². The number of fused-ring (bicyclic) bond motifs is 1. The first-order valence-electron chi connectivity index (χ1n) is 8.23. The van der Waals surface area contributed by atoms with E-state index in [4.69, 9.17) is 9.15 Å². The molecule has 152 valence electrons. The third-order valence-electron chi connectivity index (χ3n) is 4.34. The zero-order valence-corrected chi connectivity index (χ0v) is 14.3. The summed E-state index contributed by atoms with van der Waals surface area (Å²) in [6, 6.07) is 4.08. The van der Waals surface area contributed by atoms with E-state index in [0.29, 0.717) is 13.2 Å². The van der Waals surface area contributed by atoms with Gasteiger partial charge in [0, 0.05) is 5.56 Å². The molecule has 2 heterocycles. The molecule has 4 rings (SSSR count). The molecule has 6 nitrogen and oxygen atoms in total. The fourth-order valence-corrected chi connectivity index (χ4v) is 2.76. The molecule has 0 aliphatic carbocycles. The summed E-state index contributed by atoms with van der Waals surface area (Å²) in [5, 5.41) is 12.1. The topological polar surface area (TPSA) is 84.6 Å². The Hall–Kier alpha value is -3.21. The van der Waals surface area contributed by atoms with Crippen molar-refractivity contribution in [2.45, 2.75) is 12.2 Å². The second kappa shape index (κ2) is 6.69. The Labute approximate surface area is 158 Å². The number of amides is 1. The normalized spacial score (nSPS) is 14.8. The van der Waals surface area contributed by atoms with E-state index in [9.17, 15) is 31.9 Å². The Kier molecular flexibility index (Phi) is 4.41. The van der Waals surface area contributed by atoms with Crippen molar-refractivity contribution >= 4 is 17.0 Å². The van der Waals surface area contributed by atoms with Gasteiger partial charge in [0.15, 0.2) is 23.0 Å². The Balaban J connectivity index is 1.75. The summed E-state index contributed by atoms with van der Waals surface area (Å²) in [5.74, 6) is -6.60. The maximum absolute atomic E-state index is 14.2. The van der Waals surface area contributed by atoms with Crippen molar-refractivity contribution in [2.75, 3.05) is 13.2 Å². The van der Waals surface area contributed by atoms with Gasteiger partial charge in [-0.25, -0.2) is 13.8 Å². The van der Waals surface area contributed by atoms with E-state index in [1.807, 2.05) is 0 Å². The number of alkyl halides is 3. The monoisotopic (exact) mass is 414 g/mol. The Morgan fingerprint density at radius 3 is 2.52 bits per heavy atom. The fraction of sp³-hybridized carbons (Fsp3) is 0.222. The lowest BCUT2D eigenvalue weighted by Crippen LogP contribution is -2.48. The van der Waals surface area contributed by atoms with Crippen LogP contribution in [0.5, 0.6) is 5.75 Å². The molecule has 1 aliphatic rings. The summed E-state index contributed by atoms with van der Waals surface area (Å²) in [5.41, 5.74) is -2.42. The van der Waals surface area contributed by atoms with Gasteiger partial charge in [-0.15, -0.1) is 0 Å². The molecule has 0 spiro atoms. The van der Waals surface area contributed by atoms with Gasteiger partial charge in [0.25, 0.3) is 5.91 Å². The van der Waals surface area contributed by atoms with Gasteiger partial charge in [0.1, 0.15) is 5.52 Å². The molecule has 0 bridgehead atoms. The van der Waals surface area contributed by atoms with Crippen LogP contribution in [0.15, 0.2) is 28.7 Å². The van der Waals surface area contributed by atoms with Gasteiger partial charge in [-0.05, 0) is 24.3 Å². The lowest BCUT2D eigenvalue weighted by atomic mass is 10.1. The smallest absolute Gasteiger partial charge is 0.419 e. The number of aromatic nitrogens is 1. The quantitative estimate of drug-likeness (QED) is 0.640. The number of aromatic hydroxyl groups is 1. The van der Waals surface area contributed by atoms with E-state index < -0.39 is 46.5 Å². The maximum Gasteiger partial charge on any atom is 0.419 e. The van der Waals surface area contributed by atoms with E-state index in [1.54, 1.807) is 0 Å². The van der Waals surface area contributed by atoms with Crippen LogP contribution in [0.3, 0.4) is 0 Å². The van der Waals surface area contributed by atoms with Crippen molar-refractivity contribution in [1.29, 1.82) is 0 Å². The minimum absolute atomic E-state index is 0.0558. The molecule has 29 heavy (non-hydrogen) atoms. The minimum atomic E-state index is -5.17. The summed E-state index contributed by atoms with van der Waals surface area (Å²) in [6.45, 7) is 0.772. The predicted octanol–water partition coefficient (Wildman–Crippen LogP) is 3.63. The standard InChI is InChI=1S/C18H11F5N2O4/c19-13-9(4-10(18(21,22)23)14(20)15(13)26)17-25-11-3-7(1-2-12(11)29-17)16(27)24-8-5-28-6-8/h1-4,8,26H,5-6H2,(H,24,27). The summed E-state index contributed by atoms with van der Waals surface area (Å²) >= 11 is 0. The predicted molar refractivity (Wildman–Crippen MR) is 88.1 cm³/mol. The van der Waals surface area contributed by atoms with E-state index >= 15 is 0 Å². The van der Waals surface area contributed by atoms with Crippen LogP contribution in [0.4, 0.5) is 22.0 Å². The lowest BCUT2D eigenvalue weighted by molar-refractivity contribution is -0.140. The Morgan fingerprint density at radius 1 is 1.17 bits per heavy atom. The van der Waals surface area contributed by atoms with Crippen LogP contribution in [0.25, 0.3) is 22.6 Å². The minimum Gasteiger partial charge on any atom is -0.503 e. The fourth-order valence-electron chi connectivity index (χ4n) is 2.76. The van der Waals surface area contributed by atoms with Gasteiger partial charge >= 0.3 is 6.18 Å². The molecule has 2 N–H and O–H groups in total. The molecule has 11 heteroatoms. The molecule has 0 radical (unpaired) electrons. The third-order valence-corrected chi connectivity index (χ3v) is 4.34. The number of nitrogens with zero attached hydrogens (tertiary/aromatic N) is 1. The number of hydrogen-bond donors (Lipinski definition) is 2. The highest BCUT2D eigenvalue weighted by atomic mass is 19.4. The van der Waals surface area contributed by atoms with Crippen LogP contribution >= 0.6 is 0 Å². The van der Waals surface area contributed by atoms with Crippen molar-refractivity contribution in [1.82, 2.24) is 10.3 Å². The number of hydrogen-bond acceptors (Lipinski definition) is 5. The van der Waals surface area contributed by atoms with Crippen molar-refractivity contribution < 1.29 is 41.0 Å². The molecule has 0 saturated carbocycles. The molecule has 0 atom stereocenters. The summed E-state index contributed by atoms with van der Waals surface area (Å²) in [7, 11) is 0. The number of rotatable bonds is 3. The highest BCUT2D eigenvalue weighted by Crippen LogP contribution is 2.40. The number of carbonyl (C=O) groups is 1. The first kappa shape index (κ1) is 19.1.